The number of hydrogen-bond donors (Lipinski definition) is 5. The molecule has 0 radical (unpaired) electrons. The summed E-state index contributed by atoms with van der Waals surface area (Å²) in [6.07, 6.45) is 2.02. The van der Waals surface area contributed by atoms with Crippen LogP contribution < -0.4 is 10.4 Å². The summed E-state index contributed by atoms with van der Waals surface area (Å²) in [6, 6.07) is 5.25. The maximum absolute atomic E-state index is 13.4. The first-order valence-electron chi connectivity index (χ1n) is 9.44. The number of likely N-dealkylation sites (tertiary alicyclic amines) is 1. The number of H-pyrrole nitrogens is 1. The monoisotopic (exact) mass is 433 g/mol. The largest absolute Gasteiger partial charge is 0.392 e. The Labute approximate surface area is 176 Å². The van der Waals surface area contributed by atoms with Crippen molar-refractivity contribution in [3.63, 3.8) is 0 Å². The summed E-state index contributed by atoms with van der Waals surface area (Å²) >= 11 is 5.78. The van der Waals surface area contributed by atoms with Gasteiger partial charge < -0.3 is 15.4 Å². The fourth-order valence-corrected chi connectivity index (χ4v) is 3.57. The molecule has 2 aromatic heterocycles. The van der Waals surface area contributed by atoms with E-state index < -0.39 is 5.82 Å². The first-order chi connectivity index (χ1) is 14.4. The number of aromatic amines is 1. The second-order valence-corrected chi connectivity index (χ2v) is 7.48. The van der Waals surface area contributed by atoms with Crippen LogP contribution in [0.25, 0.3) is 11.2 Å². The predicted molar refractivity (Wildman–Crippen MR) is 112 cm³/mol. The van der Waals surface area contributed by atoms with E-state index in [1.165, 1.54) is 18.3 Å². The molecular formula is C19H21ClFN7O2. The quantitative estimate of drug-likeness (QED) is 0.230. The van der Waals surface area contributed by atoms with Crippen LogP contribution in [0, 0.1) is 11.2 Å². The van der Waals surface area contributed by atoms with Crippen molar-refractivity contribution in [3.8, 4) is 0 Å². The van der Waals surface area contributed by atoms with Gasteiger partial charge in [-0.05, 0) is 30.7 Å². The van der Waals surface area contributed by atoms with Crippen molar-refractivity contribution < 1.29 is 14.7 Å². The van der Waals surface area contributed by atoms with Crippen LogP contribution in [0.15, 0.2) is 30.5 Å². The molecule has 3 heterocycles. The number of benzene rings is 1. The van der Waals surface area contributed by atoms with E-state index >= 15 is 0 Å². The van der Waals surface area contributed by atoms with Gasteiger partial charge in [-0.1, -0.05) is 11.6 Å². The Bertz CT molecular complexity index is 1080. The molecule has 158 valence electrons. The molecule has 11 heteroatoms. The summed E-state index contributed by atoms with van der Waals surface area (Å²) in [4.78, 5) is 13.8. The van der Waals surface area contributed by atoms with Gasteiger partial charge in [0.1, 0.15) is 5.82 Å². The van der Waals surface area contributed by atoms with Crippen molar-refractivity contribution in [3.05, 3.63) is 46.9 Å². The van der Waals surface area contributed by atoms with Gasteiger partial charge in [-0.2, -0.15) is 4.98 Å². The number of aromatic nitrogens is 3. The number of nitrogens with one attached hydrogen (secondary N) is 3. The molecule has 0 spiro atoms. The van der Waals surface area contributed by atoms with Crippen LogP contribution in [0.1, 0.15) is 12.0 Å². The molecule has 0 aliphatic carbocycles. The molecule has 1 aliphatic rings. The molecule has 1 fully saturated rings. The molecule has 1 saturated heterocycles. The van der Waals surface area contributed by atoms with Gasteiger partial charge in [-0.25, -0.2) is 14.4 Å². The maximum Gasteiger partial charge on any atom is 0.202 e. The minimum absolute atomic E-state index is 0.155. The van der Waals surface area contributed by atoms with Crippen molar-refractivity contribution in [1.29, 1.82) is 5.41 Å². The Hall–Kier alpha value is -2.79. The Morgan fingerprint density at radius 2 is 2.27 bits per heavy atom. The highest BCUT2D eigenvalue weighted by molar-refractivity contribution is 6.31. The number of pyridine rings is 1. The standard InChI is InChI=1S/C19H21ClFN7O2/c20-14-9-11(1-2-15(14)21)28(30)17(22)13-3-5-23-18-16(13)25-19(26-18)24-6-8-27-7-4-12(29)10-27/h1-3,5,9,12,22,29-30H,4,6-8,10H2,(H2,23,24,25,26)/t12-/m0/s1. The molecule has 9 nitrogen and oxygen atoms in total. The number of aliphatic hydroxyl groups excluding tert-OH is 1. The van der Waals surface area contributed by atoms with Crippen LogP contribution in [-0.4, -0.2) is 68.3 Å². The minimum atomic E-state index is -0.612. The average Bonchev–Trinajstić information content (AvgIpc) is 3.34. The van der Waals surface area contributed by atoms with E-state index in [-0.39, 0.29) is 22.6 Å². The topological polar surface area (TPSA) is 124 Å². The fourth-order valence-electron chi connectivity index (χ4n) is 3.40. The molecule has 0 unspecified atom stereocenters. The molecule has 5 N–H and O–H groups in total. The second-order valence-electron chi connectivity index (χ2n) is 7.07. The Kier molecular flexibility index (Phi) is 5.82. The van der Waals surface area contributed by atoms with E-state index in [0.717, 1.165) is 25.6 Å². The highest BCUT2D eigenvalue weighted by atomic mass is 35.5. The van der Waals surface area contributed by atoms with E-state index in [1.807, 2.05) is 0 Å². The number of imidazole rings is 1. The summed E-state index contributed by atoms with van der Waals surface area (Å²) in [6.45, 7) is 2.93. The van der Waals surface area contributed by atoms with Crippen LogP contribution in [0.4, 0.5) is 16.0 Å². The van der Waals surface area contributed by atoms with Gasteiger partial charge in [-0.15, -0.1) is 0 Å². The lowest BCUT2D eigenvalue weighted by atomic mass is 10.2. The van der Waals surface area contributed by atoms with E-state index in [9.17, 15) is 14.7 Å². The smallest absolute Gasteiger partial charge is 0.202 e. The number of anilines is 2. The fraction of sp³-hybridized carbons (Fsp3) is 0.316. The van der Waals surface area contributed by atoms with E-state index in [4.69, 9.17) is 17.0 Å². The van der Waals surface area contributed by atoms with Crippen LogP contribution in [0.2, 0.25) is 5.02 Å². The summed E-state index contributed by atoms with van der Waals surface area (Å²) in [5.74, 6) is -0.363. The lowest BCUT2D eigenvalue weighted by Crippen LogP contribution is -2.28. The maximum atomic E-state index is 13.4. The number of hydroxylamine groups is 1. The van der Waals surface area contributed by atoms with Gasteiger partial charge in [0.05, 0.1) is 22.3 Å². The molecule has 0 saturated carbocycles. The number of amidine groups is 1. The third-order valence-corrected chi connectivity index (χ3v) is 5.26. The number of rotatable bonds is 6. The molecule has 4 rings (SSSR count). The van der Waals surface area contributed by atoms with Crippen LogP contribution in [0.3, 0.4) is 0 Å². The molecule has 0 bridgehead atoms. The van der Waals surface area contributed by atoms with Gasteiger partial charge in [0.25, 0.3) is 0 Å². The van der Waals surface area contributed by atoms with Crippen molar-refractivity contribution in [1.82, 2.24) is 19.9 Å². The molecule has 1 atom stereocenters. The minimum Gasteiger partial charge on any atom is -0.392 e. The van der Waals surface area contributed by atoms with Gasteiger partial charge in [0.2, 0.25) is 5.95 Å². The highest BCUT2D eigenvalue weighted by Crippen LogP contribution is 2.25. The Balaban J connectivity index is 1.49. The second kappa shape index (κ2) is 8.52. The highest BCUT2D eigenvalue weighted by Gasteiger charge is 2.20. The van der Waals surface area contributed by atoms with Crippen LogP contribution >= 0.6 is 11.6 Å². The zero-order valence-corrected chi connectivity index (χ0v) is 16.7. The summed E-state index contributed by atoms with van der Waals surface area (Å²) in [5, 5.41) is 32.0. The Morgan fingerprint density at radius 1 is 1.43 bits per heavy atom. The predicted octanol–water partition coefficient (Wildman–Crippen LogP) is 2.45. The number of β-amino-alcohol motifs (C(OH)–C–C–N with tert-alkyl or cyclic N) is 1. The van der Waals surface area contributed by atoms with Gasteiger partial charge in [0, 0.05) is 37.9 Å². The molecular weight excluding hydrogens is 413 g/mol. The van der Waals surface area contributed by atoms with Crippen molar-refractivity contribution >= 4 is 40.2 Å². The van der Waals surface area contributed by atoms with Gasteiger partial charge in [-0.3, -0.25) is 15.5 Å². The van der Waals surface area contributed by atoms with Crippen molar-refractivity contribution in [2.75, 3.05) is 36.6 Å². The summed E-state index contributed by atoms with van der Waals surface area (Å²) in [5.41, 5.74) is 1.39. The van der Waals surface area contributed by atoms with E-state index in [1.54, 1.807) is 6.07 Å². The number of nitrogens with zero attached hydrogens (tertiary/aromatic N) is 4. The normalized spacial score (nSPS) is 16.9. The lowest BCUT2D eigenvalue weighted by molar-refractivity contribution is 0.177. The van der Waals surface area contributed by atoms with Crippen molar-refractivity contribution in [2.45, 2.75) is 12.5 Å². The summed E-state index contributed by atoms with van der Waals surface area (Å²) in [7, 11) is 0. The number of hydrogen-bond acceptors (Lipinski definition) is 7. The third-order valence-electron chi connectivity index (χ3n) is 4.97. The lowest BCUT2D eigenvalue weighted by Gasteiger charge is -2.18. The van der Waals surface area contributed by atoms with Gasteiger partial charge in [0.15, 0.2) is 11.5 Å². The molecule has 1 aromatic carbocycles. The SMILES string of the molecule is N=C(c1ccnc2nc(NCCN3CC[C@H](O)C3)[nH]c12)N(O)c1ccc(F)c(Cl)c1. The zero-order chi connectivity index (χ0) is 21.3. The zero-order valence-electron chi connectivity index (χ0n) is 15.9. The van der Waals surface area contributed by atoms with E-state index in [2.05, 4.69) is 25.2 Å². The molecule has 0 amide bonds. The first-order valence-corrected chi connectivity index (χ1v) is 9.82. The average molecular weight is 434 g/mol. The van der Waals surface area contributed by atoms with Crippen LogP contribution in [0.5, 0.6) is 0 Å². The molecule has 30 heavy (non-hydrogen) atoms. The van der Waals surface area contributed by atoms with E-state index in [0.29, 0.717) is 40.8 Å². The molecule has 1 aliphatic heterocycles. The first kappa shape index (κ1) is 20.5. The number of halogens is 2. The molecule has 3 aromatic rings. The third kappa shape index (κ3) is 4.21. The number of aliphatic hydroxyl groups is 1. The van der Waals surface area contributed by atoms with Crippen molar-refractivity contribution in [2.24, 2.45) is 0 Å². The van der Waals surface area contributed by atoms with Crippen LogP contribution in [-0.2, 0) is 0 Å². The number of fused-ring (bicyclic) bond motifs is 1. The Morgan fingerprint density at radius 3 is 3.00 bits per heavy atom. The summed E-state index contributed by atoms with van der Waals surface area (Å²) < 4.78 is 13.4. The van der Waals surface area contributed by atoms with Gasteiger partial charge >= 0.3 is 0 Å².